The highest BCUT2D eigenvalue weighted by molar-refractivity contribution is 8.00. The van der Waals surface area contributed by atoms with Gasteiger partial charge >= 0.3 is 6.03 Å². The van der Waals surface area contributed by atoms with Crippen LogP contribution in [0.15, 0.2) is 47.6 Å². The molecule has 0 saturated heterocycles. The Labute approximate surface area is 154 Å². The number of fused-ring (bicyclic) bond motifs is 1. The van der Waals surface area contributed by atoms with E-state index in [1.54, 1.807) is 43.3 Å². The first-order valence-corrected chi connectivity index (χ1v) is 8.77. The number of imide groups is 1. The number of hydrogen-bond acceptors (Lipinski definition) is 6. The maximum Gasteiger partial charge on any atom is 0.325 e. The summed E-state index contributed by atoms with van der Waals surface area (Å²) in [7, 11) is 0. The van der Waals surface area contributed by atoms with Crippen molar-refractivity contribution >= 4 is 29.4 Å². The quantitative estimate of drug-likeness (QED) is 0.481. The van der Waals surface area contributed by atoms with Crippen LogP contribution in [0.4, 0.5) is 10.5 Å². The van der Waals surface area contributed by atoms with Gasteiger partial charge in [0.15, 0.2) is 17.7 Å². The zero-order valence-electron chi connectivity index (χ0n) is 13.9. The third-order valence-electron chi connectivity index (χ3n) is 3.49. The Hall–Kier alpha value is -2.94. The number of nitrogens with one attached hydrogen (secondary N) is 2. The topological polar surface area (TPSA) is 104 Å². The third kappa shape index (κ3) is 4.37. The number of nitrogens with zero attached hydrogens (tertiary/aromatic N) is 1. The molecule has 0 fully saturated rings. The molecule has 2 N–H and O–H groups in total. The first-order valence-electron chi connectivity index (χ1n) is 7.89. The van der Waals surface area contributed by atoms with Crippen LogP contribution >= 0.6 is 11.8 Å². The van der Waals surface area contributed by atoms with E-state index in [2.05, 4.69) is 10.6 Å². The standard InChI is InChI=1S/C17H17N3O5S/c1-11(26-15-4-2-3-7-20(15)23)16(21)19-17(22)18-12-5-6-13-14(10-12)25-9-8-24-13/h2-7,10-11H,8-9H2,1H3,(H2,18,19,21,22). The van der Waals surface area contributed by atoms with Crippen LogP contribution in [0.2, 0.25) is 0 Å². The molecular weight excluding hydrogens is 358 g/mol. The maximum absolute atomic E-state index is 12.1. The van der Waals surface area contributed by atoms with Gasteiger partial charge in [-0.15, -0.1) is 0 Å². The van der Waals surface area contributed by atoms with Gasteiger partial charge in [0.05, 0.1) is 5.25 Å². The van der Waals surface area contributed by atoms with Crippen molar-refractivity contribution in [1.82, 2.24) is 5.32 Å². The molecule has 0 saturated carbocycles. The third-order valence-corrected chi connectivity index (χ3v) is 4.62. The molecule has 1 aromatic carbocycles. The molecule has 0 radical (unpaired) electrons. The Balaban J connectivity index is 1.55. The summed E-state index contributed by atoms with van der Waals surface area (Å²) in [4.78, 5) is 24.2. The Morgan fingerprint density at radius 2 is 1.96 bits per heavy atom. The molecule has 1 atom stereocenters. The summed E-state index contributed by atoms with van der Waals surface area (Å²) in [6.07, 6.45) is 1.35. The number of amides is 3. The van der Waals surface area contributed by atoms with Crippen molar-refractivity contribution in [3.05, 3.63) is 47.8 Å². The summed E-state index contributed by atoms with van der Waals surface area (Å²) in [6, 6.07) is 9.21. The smallest absolute Gasteiger partial charge is 0.325 e. The number of carbonyl (C=O) groups is 2. The fourth-order valence-electron chi connectivity index (χ4n) is 2.24. The van der Waals surface area contributed by atoms with E-state index in [1.807, 2.05) is 0 Å². The number of thioether (sulfide) groups is 1. The molecule has 1 aromatic heterocycles. The van der Waals surface area contributed by atoms with E-state index in [-0.39, 0.29) is 0 Å². The summed E-state index contributed by atoms with van der Waals surface area (Å²) < 4.78 is 11.5. The van der Waals surface area contributed by atoms with E-state index in [9.17, 15) is 14.8 Å². The number of hydrogen-bond donors (Lipinski definition) is 2. The average molecular weight is 375 g/mol. The van der Waals surface area contributed by atoms with Crippen LogP contribution in [-0.2, 0) is 4.79 Å². The highest BCUT2D eigenvalue weighted by Gasteiger charge is 2.21. The Morgan fingerprint density at radius 3 is 2.73 bits per heavy atom. The molecule has 3 rings (SSSR count). The second-order valence-electron chi connectivity index (χ2n) is 5.43. The van der Waals surface area contributed by atoms with Gasteiger partial charge in [-0.1, -0.05) is 0 Å². The van der Waals surface area contributed by atoms with Crippen molar-refractivity contribution in [2.24, 2.45) is 0 Å². The Kier molecular flexibility index (Phi) is 5.47. The highest BCUT2D eigenvalue weighted by atomic mass is 32.2. The molecule has 0 aliphatic carbocycles. The summed E-state index contributed by atoms with van der Waals surface area (Å²) in [5, 5.41) is 16.2. The second-order valence-corrected chi connectivity index (χ2v) is 6.79. The average Bonchev–Trinajstić information content (AvgIpc) is 2.63. The molecule has 0 bridgehead atoms. The van der Waals surface area contributed by atoms with E-state index in [1.165, 1.54) is 6.20 Å². The minimum Gasteiger partial charge on any atom is -0.618 e. The monoisotopic (exact) mass is 375 g/mol. The molecule has 8 nitrogen and oxygen atoms in total. The van der Waals surface area contributed by atoms with Gasteiger partial charge in [-0.2, -0.15) is 4.73 Å². The fraction of sp³-hybridized carbons (Fsp3) is 0.235. The van der Waals surface area contributed by atoms with Crippen LogP contribution in [0.25, 0.3) is 0 Å². The minimum absolute atomic E-state index is 0.377. The molecular formula is C17H17N3O5S. The molecule has 1 aliphatic heterocycles. The Morgan fingerprint density at radius 1 is 1.19 bits per heavy atom. The van der Waals surface area contributed by atoms with Gasteiger partial charge in [-0.3, -0.25) is 10.1 Å². The number of ether oxygens (including phenoxy) is 2. The van der Waals surface area contributed by atoms with Gasteiger partial charge in [0.2, 0.25) is 5.91 Å². The van der Waals surface area contributed by atoms with Crippen LogP contribution < -0.4 is 24.8 Å². The van der Waals surface area contributed by atoms with Crippen molar-refractivity contribution in [1.29, 1.82) is 0 Å². The fourth-order valence-corrected chi connectivity index (χ4v) is 3.09. The minimum atomic E-state index is -0.665. The zero-order valence-corrected chi connectivity index (χ0v) is 14.7. The van der Waals surface area contributed by atoms with Crippen LogP contribution in [0, 0.1) is 5.21 Å². The van der Waals surface area contributed by atoms with Crippen LogP contribution in [0.5, 0.6) is 11.5 Å². The van der Waals surface area contributed by atoms with Crippen LogP contribution in [0.1, 0.15) is 6.92 Å². The van der Waals surface area contributed by atoms with Gasteiger partial charge in [0, 0.05) is 23.9 Å². The summed E-state index contributed by atoms with van der Waals surface area (Å²) >= 11 is 1.07. The van der Waals surface area contributed by atoms with Crippen LogP contribution in [-0.4, -0.2) is 30.4 Å². The van der Waals surface area contributed by atoms with Gasteiger partial charge in [0.25, 0.3) is 5.03 Å². The number of benzene rings is 1. The van der Waals surface area contributed by atoms with E-state index in [4.69, 9.17) is 9.47 Å². The Bertz CT molecular complexity index is 830. The lowest BCUT2D eigenvalue weighted by Crippen LogP contribution is -2.39. The molecule has 136 valence electrons. The summed E-state index contributed by atoms with van der Waals surface area (Å²) in [5.74, 6) is 0.638. The van der Waals surface area contributed by atoms with Gasteiger partial charge in [-0.25, -0.2) is 4.79 Å². The number of aromatic nitrogens is 1. The first-order chi connectivity index (χ1) is 12.5. The molecule has 0 spiro atoms. The molecule has 1 aliphatic rings. The lowest BCUT2D eigenvalue weighted by molar-refractivity contribution is -0.645. The van der Waals surface area contributed by atoms with Crippen molar-refractivity contribution in [2.45, 2.75) is 17.2 Å². The van der Waals surface area contributed by atoms with Gasteiger partial charge in [0.1, 0.15) is 13.2 Å². The summed E-state index contributed by atoms with van der Waals surface area (Å²) in [5.41, 5.74) is 0.473. The van der Waals surface area contributed by atoms with Crippen molar-refractivity contribution in [3.8, 4) is 11.5 Å². The van der Waals surface area contributed by atoms with Crippen LogP contribution in [0.3, 0.4) is 0 Å². The molecule has 2 heterocycles. The largest absolute Gasteiger partial charge is 0.618 e. The van der Waals surface area contributed by atoms with E-state index >= 15 is 0 Å². The highest BCUT2D eigenvalue weighted by Crippen LogP contribution is 2.32. The van der Waals surface area contributed by atoms with Gasteiger partial charge in [-0.05, 0) is 36.9 Å². The normalized spacial score (nSPS) is 13.6. The number of anilines is 1. The molecule has 2 aromatic rings. The number of carbonyl (C=O) groups excluding carboxylic acids is 2. The van der Waals surface area contributed by atoms with Crippen molar-refractivity contribution < 1.29 is 23.8 Å². The molecule has 1 unspecified atom stereocenters. The number of pyridine rings is 1. The van der Waals surface area contributed by atoms with E-state index < -0.39 is 17.2 Å². The van der Waals surface area contributed by atoms with Crippen molar-refractivity contribution in [3.63, 3.8) is 0 Å². The van der Waals surface area contributed by atoms with E-state index in [0.29, 0.717) is 40.2 Å². The maximum atomic E-state index is 12.1. The van der Waals surface area contributed by atoms with Gasteiger partial charge < -0.3 is 20.0 Å². The second kappa shape index (κ2) is 7.96. The number of urea groups is 1. The lowest BCUT2D eigenvalue weighted by atomic mass is 10.2. The predicted octanol–water partition coefficient (Wildman–Crippen LogP) is 1.92. The zero-order chi connectivity index (χ0) is 18.5. The first kappa shape index (κ1) is 17.9. The molecule has 3 amide bonds. The summed E-state index contributed by atoms with van der Waals surface area (Å²) in [6.45, 7) is 2.54. The predicted molar refractivity (Wildman–Crippen MR) is 95.3 cm³/mol. The lowest BCUT2D eigenvalue weighted by Gasteiger charge is -2.19. The van der Waals surface area contributed by atoms with Crippen molar-refractivity contribution in [2.75, 3.05) is 18.5 Å². The molecule has 26 heavy (non-hydrogen) atoms. The van der Waals surface area contributed by atoms with E-state index in [0.717, 1.165) is 11.8 Å². The SMILES string of the molecule is CC(Sc1cccc[n+]1[O-])C(=O)NC(=O)Nc1ccc2c(c1)OCCO2. The number of rotatable bonds is 4. The molecule has 9 heteroatoms.